The highest BCUT2D eigenvalue weighted by Crippen LogP contribution is 2.42. The lowest BCUT2D eigenvalue weighted by Crippen LogP contribution is -2.15. The third-order valence-corrected chi connectivity index (χ3v) is 4.46. The summed E-state index contributed by atoms with van der Waals surface area (Å²) >= 11 is 0. The lowest BCUT2D eigenvalue weighted by Gasteiger charge is -2.14. The quantitative estimate of drug-likeness (QED) is 0.932. The molecule has 1 amide bonds. The minimum atomic E-state index is -0.0995. The number of nitrogens with zero attached hydrogens (tertiary/aromatic N) is 3. The first-order chi connectivity index (χ1) is 11.7. The van der Waals surface area contributed by atoms with Crippen LogP contribution in [0.5, 0.6) is 0 Å². The normalized spacial score (nSPS) is 16.9. The van der Waals surface area contributed by atoms with Gasteiger partial charge in [-0.3, -0.25) is 14.8 Å². The van der Waals surface area contributed by atoms with Crippen LogP contribution in [0.2, 0.25) is 0 Å². The second-order valence-electron chi connectivity index (χ2n) is 6.42. The van der Waals surface area contributed by atoms with Crippen LogP contribution in [0.25, 0.3) is 0 Å². The molecule has 4 rings (SSSR count). The molecule has 24 heavy (non-hydrogen) atoms. The Morgan fingerprint density at radius 1 is 1.21 bits per heavy atom. The molecule has 2 heterocycles. The number of nitrogens with one attached hydrogen (secondary N) is 1. The molecule has 2 aliphatic rings. The van der Waals surface area contributed by atoms with E-state index in [1.54, 1.807) is 6.20 Å². The molecule has 122 valence electrons. The second kappa shape index (κ2) is 6.07. The highest BCUT2D eigenvalue weighted by molar-refractivity contribution is 6.04. The van der Waals surface area contributed by atoms with Crippen LogP contribution in [0.4, 0.5) is 11.4 Å². The summed E-state index contributed by atoms with van der Waals surface area (Å²) in [5.74, 6) is 0.401. The van der Waals surface area contributed by atoms with Gasteiger partial charge in [-0.25, -0.2) is 0 Å². The minimum Gasteiger partial charge on any atom is -0.320 e. The Balaban J connectivity index is 1.49. The fourth-order valence-electron chi connectivity index (χ4n) is 2.95. The molecule has 5 heteroatoms. The van der Waals surface area contributed by atoms with Crippen molar-refractivity contribution in [2.24, 2.45) is 5.10 Å². The van der Waals surface area contributed by atoms with E-state index in [1.165, 1.54) is 0 Å². The van der Waals surface area contributed by atoms with Crippen molar-refractivity contribution in [2.45, 2.75) is 32.1 Å². The standard InChI is InChI=1S/C19H20N4O/c1-13-10-12-23(22-13)16-8-6-15(7-9-16)19(24)21-17-3-2-11-20-18(17)14-4-5-14/h2-3,6-9,11,14H,4-5,10,12H2,1H3,(H,21,24). The van der Waals surface area contributed by atoms with Crippen LogP contribution >= 0.6 is 0 Å². The number of hydrogen-bond donors (Lipinski definition) is 1. The molecule has 0 radical (unpaired) electrons. The molecule has 1 aliphatic carbocycles. The topological polar surface area (TPSA) is 57.6 Å². The van der Waals surface area contributed by atoms with E-state index >= 15 is 0 Å². The molecule has 1 aliphatic heterocycles. The Bertz CT molecular complexity index is 793. The van der Waals surface area contributed by atoms with Gasteiger partial charge in [-0.2, -0.15) is 5.10 Å². The average molecular weight is 320 g/mol. The number of pyridine rings is 1. The van der Waals surface area contributed by atoms with Gasteiger partial charge in [0.05, 0.1) is 17.1 Å². The number of carbonyl (C=O) groups excluding carboxylic acids is 1. The summed E-state index contributed by atoms with van der Waals surface area (Å²) in [5, 5.41) is 9.46. The highest BCUT2D eigenvalue weighted by Gasteiger charge is 2.28. The van der Waals surface area contributed by atoms with E-state index in [2.05, 4.69) is 15.4 Å². The monoisotopic (exact) mass is 320 g/mol. The lowest BCUT2D eigenvalue weighted by molar-refractivity contribution is 0.102. The Hall–Kier alpha value is -2.69. The van der Waals surface area contributed by atoms with E-state index in [4.69, 9.17) is 0 Å². The van der Waals surface area contributed by atoms with Crippen LogP contribution in [0.1, 0.15) is 48.2 Å². The maximum atomic E-state index is 12.5. The van der Waals surface area contributed by atoms with Crippen molar-refractivity contribution < 1.29 is 4.79 Å². The number of rotatable bonds is 4. The smallest absolute Gasteiger partial charge is 0.255 e. The first-order valence-corrected chi connectivity index (χ1v) is 8.38. The zero-order valence-corrected chi connectivity index (χ0v) is 13.7. The van der Waals surface area contributed by atoms with Gasteiger partial charge in [0.2, 0.25) is 0 Å². The van der Waals surface area contributed by atoms with Crippen LogP contribution in [-0.4, -0.2) is 23.1 Å². The number of anilines is 2. The van der Waals surface area contributed by atoms with Crippen LogP contribution in [0, 0.1) is 0 Å². The molecular formula is C19H20N4O. The molecule has 1 saturated carbocycles. The summed E-state index contributed by atoms with van der Waals surface area (Å²) < 4.78 is 0. The molecular weight excluding hydrogens is 300 g/mol. The molecule has 1 aromatic carbocycles. The van der Waals surface area contributed by atoms with E-state index in [0.717, 1.165) is 48.6 Å². The van der Waals surface area contributed by atoms with Crippen LogP contribution in [0.15, 0.2) is 47.7 Å². The molecule has 0 spiro atoms. The van der Waals surface area contributed by atoms with E-state index in [-0.39, 0.29) is 5.91 Å². The van der Waals surface area contributed by atoms with Crippen molar-refractivity contribution in [1.82, 2.24) is 4.98 Å². The van der Waals surface area contributed by atoms with Gasteiger partial charge in [-0.15, -0.1) is 0 Å². The number of benzene rings is 1. The van der Waals surface area contributed by atoms with Crippen LogP contribution in [-0.2, 0) is 0 Å². The lowest BCUT2D eigenvalue weighted by atomic mass is 10.1. The van der Waals surface area contributed by atoms with Gasteiger partial charge in [0, 0.05) is 36.4 Å². The summed E-state index contributed by atoms with van der Waals surface area (Å²) in [6.07, 6.45) is 5.10. The van der Waals surface area contributed by atoms with Gasteiger partial charge in [0.1, 0.15) is 0 Å². The van der Waals surface area contributed by atoms with Gasteiger partial charge in [0.15, 0.2) is 0 Å². The first kappa shape index (κ1) is 14.9. The number of amides is 1. The molecule has 0 atom stereocenters. The molecule has 0 bridgehead atoms. The Morgan fingerprint density at radius 2 is 2.00 bits per heavy atom. The summed E-state index contributed by atoms with van der Waals surface area (Å²) in [7, 11) is 0. The molecule has 1 aromatic heterocycles. The molecule has 0 unspecified atom stereocenters. The summed E-state index contributed by atoms with van der Waals surface area (Å²) in [5.41, 5.74) is 4.63. The molecule has 2 aromatic rings. The number of hydrogen-bond acceptors (Lipinski definition) is 4. The van der Waals surface area contributed by atoms with E-state index in [0.29, 0.717) is 11.5 Å². The number of aromatic nitrogens is 1. The van der Waals surface area contributed by atoms with E-state index in [9.17, 15) is 4.79 Å². The van der Waals surface area contributed by atoms with Crippen molar-refractivity contribution in [1.29, 1.82) is 0 Å². The predicted octanol–water partition coefficient (Wildman–Crippen LogP) is 3.80. The second-order valence-corrected chi connectivity index (χ2v) is 6.42. The maximum Gasteiger partial charge on any atom is 0.255 e. The zero-order chi connectivity index (χ0) is 16.5. The third-order valence-electron chi connectivity index (χ3n) is 4.46. The molecule has 5 nitrogen and oxygen atoms in total. The average Bonchev–Trinajstić information content (AvgIpc) is 3.36. The largest absolute Gasteiger partial charge is 0.320 e. The summed E-state index contributed by atoms with van der Waals surface area (Å²) in [4.78, 5) is 16.9. The SMILES string of the molecule is CC1=NN(c2ccc(C(=O)Nc3cccnc3C3CC3)cc2)CC1. The number of carbonyl (C=O) groups is 1. The van der Waals surface area contributed by atoms with Crippen LogP contribution < -0.4 is 10.3 Å². The van der Waals surface area contributed by atoms with Gasteiger partial charge in [-0.1, -0.05) is 0 Å². The fraction of sp³-hybridized carbons (Fsp3) is 0.316. The minimum absolute atomic E-state index is 0.0995. The Labute approximate surface area is 141 Å². The molecule has 1 fully saturated rings. The summed E-state index contributed by atoms with van der Waals surface area (Å²) in [6, 6.07) is 11.4. The maximum absolute atomic E-state index is 12.5. The van der Waals surface area contributed by atoms with Gasteiger partial charge >= 0.3 is 0 Å². The Morgan fingerprint density at radius 3 is 2.67 bits per heavy atom. The van der Waals surface area contributed by atoms with E-state index in [1.807, 2.05) is 48.3 Å². The number of hydrazone groups is 1. The van der Waals surface area contributed by atoms with Crippen LogP contribution in [0.3, 0.4) is 0 Å². The highest BCUT2D eigenvalue weighted by atomic mass is 16.1. The third kappa shape index (κ3) is 3.02. The molecule has 1 N–H and O–H groups in total. The van der Waals surface area contributed by atoms with Crippen molar-refractivity contribution in [3.63, 3.8) is 0 Å². The van der Waals surface area contributed by atoms with E-state index < -0.39 is 0 Å². The Kier molecular flexibility index (Phi) is 3.76. The van der Waals surface area contributed by atoms with Crippen molar-refractivity contribution in [3.8, 4) is 0 Å². The molecule has 0 saturated heterocycles. The van der Waals surface area contributed by atoms with Crippen molar-refractivity contribution in [2.75, 3.05) is 16.9 Å². The van der Waals surface area contributed by atoms with Gasteiger partial charge in [-0.05, 0) is 56.2 Å². The summed E-state index contributed by atoms with van der Waals surface area (Å²) in [6.45, 7) is 2.94. The zero-order valence-electron chi connectivity index (χ0n) is 13.7. The van der Waals surface area contributed by atoms with Crippen molar-refractivity contribution in [3.05, 3.63) is 53.9 Å². The van der Waals surface area contributed by atoms with Crippen molar-refractivity contribution >= 4 is 23.0 Å². The predicted molar refractivity (Wildman–Crippen MR) is 95.7 cm³/mol. The van der Waals surface area contributed by atoms with Gasteiger partial charge in [0.25, 0.3) is 5.91 Å². The fourth-order valence-corrected chi connectivity index (χ4v) is 2.95. The van der Waals surface area contributed by atoms with Gasteiger partial charge < -0.3 is 5.32 Å². The first-order valence-electron chi connectivity index (χ1n) is 8.38.